The third-order valence-electron chi connectivity index (χ3n) is 2.97. The maximum absolute atomic E-state index is 5.49. The van der Waals surface area contributed by atoms with Crippen LogP contribution in [-0.2, 0) is 4.74 Å². The van der Waals surface area contributed by atoms with Gasteiger partial charge in [0.05, 0.1) is 6.10 Å². The molecule has 14 heavy (non-hydrogen) atoms. The SMILES string of the molecule is CC.COC1CN(C)CCC1C(C)C. The quantitative estimate of drug-likeness (QED) is 0.681. The Labute approximate surface area is 89.6 Å². The van der Waals surface area contributed by atoms with Crippen molar-refractivity contribution in [3.05, 3.63) is 0 Å². The first-order valence-corrected chi connectivity index (χ1v) is 5.86. The summed E-state index contributed by atoms with van der Waals surface area (Å²) in [5.74, 6) is 1.51. The number of rotatable bonds is 2. The van der Waals surface area contributed by atoms with Crippen LogP contribution in [0.1, 0.15) is 34.1 Å². The van der Waals surface area contributed by atoms with Crippen LogP contribution < -0.4 is 0 Å². The van der Waals surface area contributed by atoms with E-state index in [1.807, 2.05) is 21.0 Å². The summed E-state index contributed by atoms with van der Waals surface area (Å²) in [7, 11) is 4.00. The van der Waals surface area contributed by atoms with Crippen molar-refractivity contribution in [3.8, 4) is 0 Å². The van der Waals surface area contributed by atoms with Crippen molar-refractivity contribution in [3.63, 3.8) is 0 Å². The highest BCUT2D eigenvalue weighted by Gasteiger charge is 2.29. The Balaban J connectivity index is 0.000000791. The van der Waals surface area contributed by atoms with E-state index in [1.165, 1.54) is 13.0 Å². The average Bonchev–Trinajstić information content (AvgIpc) is 2.20. The van der Waals surface area contributed by atoms with Crippen molar-refractivity contribution >= 4 is 0 Å². The first-order valence-electron chi connectivity index (χ1n) is 5.86. The van der Waals surface area contributed by atoms with Crippen LogP contribution in [0, 0.1) is 11.8 Å². The molecule has 0 N–H and O–H groups in total. The molecule has 0 aliphatic carbocycles. The van der Waals surface area contributed by atoms with Gasteiger partial charge < -0.3 is 9.64 Å². The lowest BCUT2D eigenvalue weighted by Gasteiger charge is -2.37. The second-order valence-corrected chi connectivity index (χ2v) is 4.23. The Bertz CT molecular complexity index is 136. The molecule has 1 heterocycles. The highest BCUT2D eigenvalue weighted by atomic mass is 16.5. The van der Waals surface area contributed by atoms with Gasteiger partial charge in [0.25, 0.3) is 0 Å². The van der Waals surface area contributed by atoms with Crippen LogP contribution in [0.4, 0.5) is 0 Å². The van der Waals surface area contributed by atoms with Gasteiger partial charge in [-0.2, -0.15) is 0 Å². The molecule has 2 unspecified atom stereocenters. The Morgan fingerprint density at radius 3 is 2.29 bits per heavy atom. The summed E-state index contributed by atoms with van der Waals surface area (Å²) >= 11 is 0. The predicted octanol–water partition coefficient (Wildman–Crippen LogP) is 2.64. The largest absolute Gasteiger partial charge is 0.380 e. The summed E-state index contributed by atoms with van der Waals surface area (Å²) in [5.41, 5.74) is 0. The fourth-order valence-corrected chi connectivity index (χ4v) is 2.10. The molecule has 0 aromatic heterocycles. The van der Waals surface area contributed by atoms with E-state index in [4.69, 9.17) is 4.74 Å². The van der Waals surface area contributed by atoms with Crippen LogP contribution >= 0.6 is 0 Å². The molecule has 2 heteroatoms. The molecule has 2 atom stereocenters. The van der Waals surface area contributed by atoms with Gasteiger partial charge in [0, 0.05) is 13.7 Å². The fourth-order valence-electron chi connectivity index (χ4n) is 2.10. The molecule has 86 valence electrons. The van der Waals surface area contributed by atoms with Crippen molar-refractivity contribution in [1.82, 2.24) is 4.90 Å². The summed E-state index contributed by atoms with van der Waals surface area (Å²) in [6, 6.07) is 0. The number of piperidine rings is 1. The molecule has 2 nitrogen and oxygen atoms in total. The third-order valence-corrected chi connectivity index (χ3v) is 2.97. The zero-order chi connectivity index (χ0) is 11.1. The van der Waals surface area contributed by atoms with Crippen LogP contribution in [0.3, 0.4) is 0 Å². The van der Waals surface area contributed by atoms with E-state index in [1.54, 1.807) is 0 Å². The summed E-state index contributed by atoms with van der Waals surface area (Å²) in [6.45, 7) is 10.9. The molecule has 0 amide bonds. The van der Waals surface area contributed by atoms with Crippen LogP contribution in [0.5, 0.6) is 0 Å². The number of likely N-dealkylation sites (N-methyl/N-ethyl adjacent to an activating group) is 1. The van der Waals surface area contributed by atoms with Crippen molar-refractivity contribution in [2.24, 2.45) is 11.8 Å². The first-order chi connectivity index (χ1) is 6.65. The number of ether oxygens (including phenoxy) is 1. The molecule has 0 aromatic carbocycles. The van der Waals surface area contributed by atoms with Gasteiger partial charge in [-0.3, -0.25) is 0 Å². The molecule has 1 saturated heterocycles. The molecule has 0 saturated carbocycles. The Kier molecular flexibility index (Phi) is 7.20. The van der Waals surface area contributed by atoms with Gasteiger partial charge in [-0.25, -0.2) is 0 Å². The minimum absolute atomic E-state index is 0.448. The zero-order valence-electron chi connectivity index (χ0n) is 10.7. The molecule has 1 rings (SSSR count). The van der Waals surface area contributed by atoms with Crippen molar-refractivity contribution in [1.29, 1.82) is 0 Å². The maximum Gasteiger partial charge on any atom is 0.0729 e. The first kappa shape index (κ1) is 13.9. The second kappa shape index (κ2) is 7.24. The molecular weight excluding hydrogens is 174 g/mol. The maximum atomic E-state index is 5.49. The van der Waals surface area contributed by atoms with E-state index < -0.39 is 0 Å². The Hall–Kier alpha value is -0.0800. The van der Waals surface area contributed by atoms with Gasteiger partial charge in [-0.1, -0.05) is 27.7 Å². The summed E-state index contributed by atoms with van der Waals surface area (Å²) in [5, 5.41) is 0. The topological polar surface area (TPSA) is 12.5 Å². The minimum Gasteiger partial charge on any atom is -0.380 e. The molecule has 0 radical (unpaired) electrons. The fraction of sp³-hybridized carbons (Fsp3) is 1.00. The van der Waals surface area contributed by atoms with Crippen molar-refractivity contribution < 1.29 is 4.74 Å². The molecule has 0 aromatic rings. The van der Waals surface area contributed by atoms with Gasteiger partial charge in [0.1, 0.15) is 0 Å². The van der Waals surface area contributed by atoms with Crippen LogP contribution in [0.15, 0.2) is 0 Å². The standard InChI is InChI=1S/C10H21NO.C2H6/c1-8(2)9-5-6-11(3)7-10(9)12-4;1-2/h8-10H,5-7H2,1-4H3;1-2H3. The summed E-state index contributed by atoms with van der Waals surface area (Å²) in [4.78, 5) is 2.35. The van der Waals surface area contributed by atoms with E-state index in [0.717, 1.165) is 18.4 Å². The Morgan fingerprint density at radius 2 is 1.86 bits per heavy atom. The molecule has 0 bridgehead atoms. The van der Waals surface area contributed by atoms with Gasteiger partial charge in [0.2, 0.25) is 0 Å². The van der Waals surface area contributed by atoms with Crippen LogP contribution in [0.25, 0.3) is 0 Å². The molecule has 0 spiro atoms. The number of methoxy groups -OCH3 is 1. The van der Waals surface area contributed by atoms with E-state index in [9.17, 15) is 0 Å². The second-order valence-electron chi connectivity index (χ2n) is 4.23. The lowest BCUT2D eigenvalue weighted by Crippen LogP contribution is -2.44. The lowest BCUT2D eigenvalue weighted by molar-refractivity contribution is -0.0198. The normalized spacial score (nSPS) is 28.5. The van der Waals surface area contributed by atoms with Crippen LogP contribution in [-0.4, -0.2) is 38.3 Å². The average molecular weight is 201 g/mol. The van der Waals surface area contributed by atoms with Crippen LogP contribution in [0.2, 0.25) is 0 Å². The Morgan fingerprint density at radius 1 is 1.29 bits per heavy atom. The number of nitrogens with zero attached hydrogens (tertiary/aromatic N) is 1. The molecule has 1 aliphatic rings. The molecule has 1 fully saturated rings. The zero-order valence-corrected chi connectivity index (χ0v) is 10.7. The lowest BCUT2D eigenvalue weighted by atomic mass is 9.84. The smallest absolute Gasteiger partial charge is 0.0729 e. The monoisotopic (exact) mass is 201 g/mol. The van der Waals surface area contributed by atoms with E-state index in [0.29, 0.717) is 6.10 Å². The molecular formula is C12H27NO. The third kappa shape index (κ3) is 3.97. The predicted molar refractivity (Wildman–Crippen MR) is 62.6 cm³/mol. The highest BCUT2D eigenvalue weighted by molar-refractivity contribution is 4.81. The van der Waals surface area contributed by atoms with E-state index in [2.05, 4.69) is 25.8 Å². The minimum atomic E-state index is 0.448. The number of hydrogen-bond acceptors (Lipinski definition) is 2. The van der Waals surface area contributed by atoms with Gasteiger partial charge in [-0.15, -0.1) is 0 Å². The summed E-state index contributed by atoms with van der Waals surface area (Å²) in [6.07, 6.45) is 1.73. The number of likely N-dealkylation sites (tertiary alicyclic amines) is 1. The van der Waals surface area contributed by atoms with Crippen molar-refractivity contribution in [2.45, 2.75) is 40.2 Å². The van der Waals surface area contributed by atoms with Crippen molar-refractivity contribution in [2.75, 3.05) is 27.2 Å². The summed E-state index contributed by atoms with van der Waals surface area (Å²) < 4.78 is 5.49. The van der Waals surface area contributed by atoms with Gasteiger partial charge in [0.15, 0.2) is 0 Å². The number of hydrogen-bond donors (Lipinski definition) is 0. The van der Waals surface area contributed by atoms with E-state index in [-0.39, 0.29) is 0 Å². The van der Waals surface area contributed by atoms with Gasteiger partial charge in [-0.05, 0) is 31.8 Å². The van der Waals surface area contributed by atoms with Gasteiger partial charge >= 0.3 is 0 Å². The van der Waals surface area contributed by atoms with E-state index >= 15 is 0 Å². The highest BCUT2D eigenvalue weighted by Crippen LogP contribution is 2.25. The molecule has 1 aliphatic heterocycles.